The van der Waals surface area contributed by atoms with Gasteiger partial charge in [-0.3, -0.25) is 0 Å². The van der Waals surface area contributed by atoms with Gasteiger partial charge in [0.05, 0.1) is 0 Å². The Morgan fingerprint density at radius 3 is 1.88 bits per heavy atom. The summed E-state index contributed by atoms with van der Waals surface area (Å²) in [6.45, 7) is 0. The van der Waals surface area contributed by atoms with Gasteiger partial charge in [-0.15, -0.1) is 0 Å². The van der Waals surface area contributed by atoms with Crippen LogP contribution in [0.4, 0.5) is 13.2 Å². The van der Waals surface area contributed by atoms with Crippen LogP contribution >= 0.6 is 23.2 Å². The molecule has 0 saturated heterocycles. The maximum Gasteiger partial charge on any atom is 0.374 e. The van der Waals surface area contributed by atoms with Gasteiger partial charge >= 0.3 is 5.38 Å². The van der Waals surface area contributed by atoms with Crippen LogP contribution in [0.5, 0.6) is 0 Å². The van der Waals surface area contributed by atoms with E-state index >= 15 is 0 Å². The van der Waals surface area contributed by atoms with Crippen molar-refractivity contribution in [1.82, 2.24) is 0 Å². The molecule has 0 saturated carbocycles. The van der Waals surface area contributed by atoms with Gasteiger partial charge in [-0.25, -0.2) is 4.39 Å². The van der Waals surface area contributed by atoms with Crippen LogP contribution in [0.2, 0.25) is 0 Å². The monoisotopic (exact) mass is 164 g/mol. The molecule has 0 N–H and O–H groups in total. The van der Waals surface area contributed by atoms with Crippen LogP contribution in [0, 0.1) is 0 Å². The Bertz CT molecular complexity index is 104. The van der Waals surface area contributed by atoms with Gasteiger partial charge in [0, 0.05) is 5.54 Å². The summed E-state index contributed by atoms with van der Waals surface area (Å²) in [7, 11) is 0. The molecule has 0 unspecified atom stereocenters. The van der Waals surface area contributed by atoms with Crippen LogP contribution in [-0.4, -0.2) is 5.38 Å². The van der Waals surface area contributed by atoms with E-state index in [9.17, 15) is 13.2 Å². The van der Waals surface area contributed by atoms with E-state index in [1.54, 1.807) is 0 Å². The molecule has 0 aromatic heterocycles. The van der Waals surface area contributed by atoms with Gasteiger partial charge in [0.1, 0.15) is 0 Å². The fourth-order valence-electron chi connectivity index (χ4n) is 0.0619. The summed E-state index contributed by atoms with van der Waals surface area (Å²) in [4.78, 5) is 0. The molecular formula is C3HCl2F3. The second-order valence-corrected chi connectivity index (χ2v) is 1.65. The topological polar surface area (TPSA) is 0 Å². The minimum Gasteiger partial charge on any atom is -0.203 e. The zero-order chi connectivity index (χ0) is 6.78. The van der Waals surface area contributed by atoms with Crippen molar-refractivity contribution in [2.24, 2.45) is 0 Å². The van der Waals surface area contributed by atoms with E-state index in [0.29, 0.717) is 0 Å². The zero-order valence-corrected chi connectivity index (χ0v) is 4.98. The second kappa shape index (κ2) is 2.60. The molecular weight excluding hydrogens is 164 g/mol. The van der Waals surface area contributed by atoms with Crippen molar-refractivity contribution >= 4 is 23.2 Å². The van der Waals surface area contributed by atoms with E-state index in [2.05, 4.69) is 23.2 Å². The third-order valence-corrected chi connectivity index (χ3v) is 0.739. The van der Waals surface area contributed by atoms with Crippen LogP contribution in [0.15, 0.2) is 11.4 Å². The predicted molar refractivity (Wildman–Crippen MR) is 25.8 cm³/mol. The average molecular weight is 165 g/mol. The SMILES string of the molecule is FC(=CCl)C(F)(F)Cl. The lowest BCUT2D eigenvalue weighted by molar-refractivity contribution is 0.110. The van der Waals surface area contributed by atoms with Crippen molar-refractivity contribution in [1.29, 1.82) is 0 Å². The van der Waals surface area contributed by atoms with Crippen molar-refractivity contribution < 1.29 is 13.2 Å². The lowest BCUT2D eigenvalue weighted by atomic mass is 10.6. The third-order valence-electron chi connectivity index (χ3n) is 0.367. The van der Waals surface area contributed by atoms with Gasteiger partial charge in [-0.05, 0) is 11.6 Å². The highest BCUT2D eigenvalue weighted by Crippen LogP contribution is 2.29. The Labute approximate surface area is 53.9 Å². The maximum atomic E-state index is 11.5. The molecule has 0 aromatic carbocycles. The standard InChI is InChI=1S/C3HCl2F3/c4-1-2(6)3(5,7)8/h1H. The van der Waals surface area contributed by atoms with Crippen LogP contribution in [0.3, 0.4) is 0 Å². The van der Waals surface area contributed by atoms with E-state index in [0.717, 1.165) is 0 Å². The Balaban J connectivity index is 4.03. The lowest BCUT2D eigenvalue weighted by Crippen LogP contribution is -2.04. The first-order valence-corrected chi connectivity index (χ1v) is 2.33. The summed E-state index contributed by atoms with van der Waals surface area (Å²) in [5, 5.41) is -3.96. The van der Waals surface area contributed by atoms with Crippen LogP contribution < -0.4 is 0 Å². The van der Waals surface area contributed by atoms with Gasteiger partial charge in [-0.1, -0.05) is 11.6 Å². The lowest BCUT2D eigenvalue weighted by Gasteiger charge is -2.00. The molecule has 0 atom stereocenters. The minimum absolute atomic E-state index is 0.0903. The molecule has 0 heterocycles. The fourth-order valence-corrected chi connectivity index (χ4v) is 0.309. The molecule has 48 valence electrons. The number of rotatable bonds is 1. The normalized spacial score (nSPS) is 14.4. The van der Waals surface area contributed by atoms with Gasteiger partial charge in [0.25, 0.3) is 0 Å². The summed E-state index contributed by atoms with van der Waals surface area (Å²) >= 11 is 8.66. The van der Waals surface area contributed by atoms with Gasteiger partial charge in [-0.2, -0.15) is 8.78 Å². The molecule has 0 radical (unpaired) electrons. The van der Waals surface area contributed by atoms with Crippen LogP contribution in [0.25, 0.3) is 0 Å². The highest BCUT2D eigenvalue weighted by Gasteiger charge is 2.31. The van der Waals surface area contributed by atoms with Crippen molar-refractivity contribution in [3.63, 3.8) is 0 Å². The fraction of sp³-hybridized carbons (Fsp3) is 0.333. The van der Waals surface area contributed by atoms with Crippen molar-refractivity contribution in [2.75, 3.05) is 0 Å². The summed E-state index contributed by atoms with van der Waals surface area (Å²) in [5.74, 6) is -1.85. The first-order chi connectivity index (χ1) is 3.48. The van der Waals surface area contributed by atoms with Crippen molar-refractivity contribution in [3.8, 4) is 0 Å². The molecule has 0 amide bonds. The summed E-state index contributed by atoms with van der Waals surface area (Å²) in [6.07, 6.45) is 0. The van der Waals surface area contributed by atoms with Crippen molar-refractivity contribution in [3.05, 3.63) is 11.4 Å². The van der Waals surface area contributed by atoms with E-state index in [4.69, 9.17) is 0 Å². The molecule has 5 heteroatoms. The zero-order valence-electron chi connectivity index (χ0n) is 3.47. The highest BCUT2D eigenvalue weighted by molar-refractivity contribution is 6.28. The summed E-state index contributed by atoms with van der Waals surface area (Å²) < 4.78 is 34.2. The first kappa shape index (κ1) is 8.11. The van der Waals surface area contributed by atoms with Gasteiger partial charge in [0.15, 0.2) is 5.83 Å². The van der Waals surface area contributed by atoms with E-state index < -0.39 is 11.2 Å². The smallest absolute Gasteiger partial charge is 0.203 e. The quantitative estimate of drug-likeness (QED) is 0.524. The number of hydrogen-bond acceptors (Lipinski definition) is 0. The molecule has 0 aromatic rings. The molecule has 0 rings (SSSR count). The molecule has 0 spiro atoms. The molecule has 0 fully saturated rings. The van der Waals surface area contributed by atoms with Gasteiger partial charge in [0.2, 0.25) is 0 Å². The average Bonchev–Trinajstić information content (AvgIpc) is 1.62. The Kier molecular flexibility index (Phi) is 2.63. The summed E-state index contributed by atoms with van der Waals surface area (Å²) in [5.41, 5.74) is 0.0903. The van der Waals surface area contributed by atoms with Gasteiger partial charge < -0.3 is 0 Å². The molecule has 0 aliphatic rings. The Morgan fingerprint density at radius 1 is 1.50 bits per heavy atom. The molecule has 0 nitrogen and oxygen atoms in total. The van der Waals surface area contributed by atoms with Crippen LogP contribution in [0.1, 0.15) is 0 Å². The number of hydrogen-bond donors (Lipinski definition) is 0. The minimum atomic E-state index is -3.96. The number of halogens is 5. The van der Waals surface area contributed by atoms with Crippen LogP contribution in [-0.2, 0) is 0 Å². The maximum absolute atomic E-state index is 11.5. The Morgan fingerprint density at radius 2 is 1.88 bits per heavy atom. The molecule has 0 bridgehead atoms. The number of allylic oxidation sites excluding steroid dienone is 1. The Hall–Kier alpha value is 0.110. The summed E-state index contributed by atoms with van der Waals surface area (Å²) in [6, 6.07) is 0. The first-order valence-electron chi connectivity index (χ1n) is 1.51. The molecule has 0 aliphatic heterocycles. The van der Waals surface area contributed by atoms with E-state index in [-0.39, 0.29) is 5.54 Å². The van der Waals surface area contributed by atoms with Crippen molar-refractivity contribution in [2.45, 2.75) is 5.38 Å². The highest BCUT2D eigenvalue weighted by atomic mass is 35.5. The predicted octanol–water partition coefficient (Wildman–Crippen LogP) is 2.87. The van der Waals surface area contributed by atoms with E-state index in [1.165, 1.54) is 0 Å². The largest absolute Gasteiger partial charge is 0.374 e. The second-order valence-electron chi connectivity index (χ2n) is 0.955. The third kappa shape index (κ3) is 2.43. The molecule has 8 heavy (non-hydrogen) atoms. The molecule has 0 aliphatic carbocycles. The van der Waals surface area contributed by atoms with E-state index in [1.807, 2.05) is 0 Å². The number of alkyl halides is 3.